The molecule has 0 saturated carbocycles. The summed E-state index contributed by atoms with van der Waals surface area (Å²) in [4.78, 5) is 0. The lowest BCUT2D eigenvalue weighted by atomic mass is 10.2. The first kappa shape index (κ1) is 11.0. The van der Waals surface area contributed by atoms with Crippen LogP contribution in [-0.2, 0) is 9.05 Å². The van der Waals surface area contributed by atoms with E-state index in [-0.39, 0.29) is 10.8 Å². The van der Waals surface area contributed by atoms with Crippen LogP contribution < -0.4 is 0 Å². The van der Waals surface area contributed by atoms with Crippen molar-refractivity contribution in [1.29, 1.82) is 0 Å². The first-order chi connectivity index (χ1) is 5.71. The maximum atomic E-state index is 5.87. The molecule has 3 heteroatoms. The number of hydrogen-bond acceptors (Lipinski definition) is 2. The molecule has 13 heavy (non-hydrogen) atoms. The third kappa shape index (κ3) is 2.96. The second-order valence-electron chi connectivity index (χ2n) is 4.96. The Morgan fingerprint density at radius 1 is 1.38 bits per heavy atom. The van der Waals surface area contributed by atoms with Gasteiger partial charge in [-0.05, 0) is 47.6 Å². The van der Waals surface area contributed by atoms with Gasteiger partial charge in [0.05, 0.1) is 16.5 Å². The molecule has 1 unspecified atom stereocenters. The van der Waals surface area contributed by atoms with Crippen molar-refractivity contribution >= 4 is 8.38 Å². The van der Waals surface area contributed by atoms with Crippen LogP contribution in [-0.4, -0.2) is 10.8 Å². The second-order valence-corrected chi connectivity index (χ2v) is 6.99. The van der Waals surface area contributed by atoms with Crippen molar-refractivity contribution in [2.24, 2.45) is 0 Å². The van der Waals surface area contributed by atoms with Gasteiger partial charge in [0, 0.05) is 0 Å². The lowest BCUT2D eigenvalue weighted by Crippen LogP contribution is -2.21. The quantitative estimate of drug-likeness (QED) is 0.602. The third-order valence-electron chi connectivity index (χ3n) is 1.61. The van der Waals surface area contributed by atoms with Gasteiger partial charge < -0.3 is 9.05 Å². The number of allylic oxidation sites excluding steroid dienone is 2. The van der Waals surface area contributed by atoms with Gasteiger partial charge in [-0.25, -0.2) is 0 Å². The zero-order chi connectivity index (χ0) is 10.3. The monoisotopic (exact) mass is 202 g/mol. The molecule has 1 aliphatic heterocycles. The Morgan fingerprint density at radius 3 is 2.23 bits per heavy atom. The maximum Gasteiger partial charge on any atom is 0.240 e. The molecule has 0 bridgehead atoms. The normalized spacial score (nSPS) is 26.9. The first-order valence-corrected chi connectivity index (χ1v) is 5.75. The van der Waals surface area contributed by atoms with Crippen molar-refractivity contribution in [3.63, 3.8) is 0 Å². The van der Waals surface area contributed by atoms with Crippen LogP contribution in [0.25, 0.3) is 0 Å². The Balaban J connectivity index is 2.66. The van der Waals surface area contributed by atoms with Gasteiger partial charge in [0.25, 0.3) is 0 Å². The predicted molar refractivity (Wildman–Crippen MR) is 56.7 cm³/mol. The molecule has 0 aromatic rings. The van der Waals surface area contributed by atoms with Crippen LogP contribution in [0.3, 0.4) is 0 Å². The molecule has 0 aliphatic carbocycles. The Kier molecular flexibility index (Phi) is 2.75. The van der Waals surface area contributed by atoms with Gasteiger partial charge in [-0.15, -0.1) is 0 Å². The van der Waals surface area contributed by atoms with E-state index >= 15 is 0 Å². The summed E-state index contributed by atoms with van der Waals surface area (Å²) in [5.41, 5.74) is -0.124. The van der Waals surface area contributed by atoms with E-state index in [1.807, 2.05) is 6.92 Å². The molecular formula is C10H19O2P. The van der Waals surface area contributed by atoms with Crippen molar-refractivity contribution < 1.29 is 9.05 Å². The number of rotatable bonds is 1. The summed E-state index contributed by atoms with van der Waals surface area (Å²) in [6.07, 6.45) is 2.14. The van der Waals surface area contributed by atoms with E-state index in [9.17, 15) is 0 Å². The first-order valence-electron chi connectivity index (χ1n) is 4.57. The van der Waals surface area contributed by atoms with E-state index in [2.05, 4.69) is 40.7 Å². The van der Waals surface area contributed by atoms with Crippen LogP contribution in [0.15, 0.2) is 11.8 Å². The predicted octanol–water partition coefficient (Wildman–Crippen LogP) is 3.83. The third-order valence-corrected chi connectivity index (χ3v) is 3.85. The Morgan fingerprint density at radius 2 is 1.92 bits per heavy atom. The van der Waals surface area contributed by atoms with Gasteiger partial charge in [-0.2, -0.15) is 0 Å². The summed E-state index contributed by atoms with van der Waals surface area (Å²) in [6.45, 7) is 12.5. The van der Waals surface area contributed by atoms with Gasteiger partial charge in [-0.3, -0.25) is 0 Å². The average Bonchev–Trinajstić information content (AvgIpc) is 2.00. The Bertz CT molecular complexity index is 226. The van der Waals surface area contributed by atoms with Crippen LogP contribution in [0, 0.1) is 0 Å². The minimum atomic E-state index is -0.808. The van der Waals surface area contributed by atoms with E-state index < -0.39 is 8.38 Å². The van der Waals surface area contributed by atoms with Crippen LogP contribution in [0.2, 0.25) is 0 Å². The van der Waals surface area contributed by atoms with Crippen LogP contribution in [0.1, 0.15) is 41.5 Å². The molecule has 1 heterocycles. The van der Waals surface area contributed by atoms with Gasteiger partial charge in [0.1, 0.15) is 0 Å². The van der Waals surface area contributed by atoms with Crippen LogP contribution in [0.4, 0.5) is 0 Å². The Hall–Kier alpha value is -0.0700. The highest BCUT2D eigenvalue weighted by Gasteiger charge is 2.39. The summed E-state index contributed by atoms with van der Waals surface area (Å²) in [5, 5.41) is 0.0483. The molecule has 0 spiro atoms. The minimum Gasteiger partial charge on any atom is -0.452 e. The summed E-state index contributed by atoms with van der Waals surface area (Å²) >= 11 is 0. The number of hydrogen-bond donors (Lipinski definition) is 0. The van der Waals surface area contributed by atoms with E-state index in [0.717, 1.165) is 5.76 Å². The minimum absolute atomic E-state index is 0.0483. The fraction of sp³-hybridized carbons (Fsp3) is 0.800. The van der Waals surface area contributed by atoms with Gasteiger partial charge in [0.15, 0.2) is 0 Å². The molecule has 0 fully saturated rings. The van der Waals surface area contributed by atoms with E-state index in [1.165, 1.54) is 0 Å². The molecule has 1 aliphatic rings. The maximum absolute atomic E-state index is 5.87. The van der Waals surface area contributed by atoms with E-state index in [0.29, 0.717) is 0 Å². The molecule has 76 valence electrons. The van der Waals surface area contributed by atoms with E-state index in [1.54, 1.807) is 0 Å². The standard InChI is InChI=1S/C10H19O2P/c1-8-7-10(5,6)13(11-8)12-9(2,3)4/h7H,1-6H3. The van der Waals surface area contributed by atoms with Gasteiger partial charge in [0.2, 0.25) is 8.38 Å². The molecule has 0 aromatic carbocycles. The Labute approximate surface area is 82.2 Å². The highest BCUT2D eigenvalue weighted by molar-refractivity contribution is 7.49. The average molecular weight is 202 g/mol. The van der Waals surface area contributed by atoms with Crippen molar-refractivity contribution in [2.75, 3.05) is 0 Å². The highest BCUT2D eigenvalue weighted by Crippen LogP contribution is 2.60. The van der Waals surface area contributed by atoms with Crippen molar-refractivity contribution in [3.8, 4) is 0 Å². The fourth-order valence-electron chi connectivity index (χ4n) is 1.21. The smallest absolute Gasteiger partial charge is 0.240 e. The lowest BCUT2D eigenvalue weighted by molar-refractivity contribution is 0.126. The van der Waals surface area contributed by atoms with E-state index in [4.69, 9.17) is 9.05 Å². The molecular weight excluding hydrogens is 183 g/mol. The summed E-state index contributed by atoms with van der Waals surface area (Å²) < 4.78 is 11.5. The molecule has 2 nitrogen and oxygen atoms in total. The fourth-order valence-corrected chi connectivity index (χ4v) is 2.82. The molecule has 0 N–H and O–H groups in total. The molecule has 1 rings (SSSR count). The molecule has 0 saturated heterocycles. The zero-order valence-corrected chi connectivity index (χ0v) is 10.2. The largest absolute Gasteiger partial charge is 0.452 e. The SMILES string of the molecule is CC1=CC(C)(C)P(OC(C)(C)C)O1. The van der Waals surface area contributed by atoms with Crippen molar-refractivity contribution in [2.45, 2.75) is 52.3 Å². The second kappa shape index (κ2) is 3.25. The van der Waals surface area contributed by atoms with Gasteiger partial charge >= 0.3 is 0 Å². The van der Waals surface area contributed by atoms with Crippen molar-refractivity contribution in [1.82, 2.24) is 0 Å². The summed E-state index contributed by atoms with van der Waals surface area (Å²) in [6, 6.07) is 0. The summed E-state index contributed by atoms with van der Waals surface area (Å²) in [5.74, 6) is 0.986. The van der Waals surface area contributed by atoms with Crippen LogP contribution in [0.5, 0.6) is 0 Å². The van der Waals surface area contributed by atoms with Gasteiger partial charge in [-0.1, -0.05) is 0 Å². The molecule has 0 radical (unpaired) electrons. The molecule has 0 aromatic heterocycles. The topological polar surface area (TPSA) is 18.5 Å². The van der Waals surface area contributed by atoms with Crippen LogP contribution >= 0.6 is 8.38 Å². The summed E-state index contributed by atoms with van der Waals surface area (Å²) in [7, 11) is -0.808. The molecule has 1 atom stereocenters. The van der Waals surface area contributed by atoms with Crippen molar-refractivity contribution in [3.05, 3.63) is 11.8 Å². The highest BCUT2D eigenvalue weighted by atomic mass is 31.2. The molecule has 0 amide bonds. The lowest BCUT2D eigenvalue weighted by Gasteiger charge is -2.30. The zero-order valence-electron chi connectivity index (χ0n) is 9.34.